The Morgan fingerprint density at radius 1 is 1.33 bits per heavy atom. The molecule has 3 N–H and O–H groups in total. The lowest BCUT2D eigenvalue weighted by atomic mass is 10.0. The first kappa shape index (κ1) is 12.6. The molecule has 2 aromatic rings. The maximum absolute atomic E-state index is 12.4. The molecule has 0 aliphatic rings. The van der Waals surface area contributed by atoms with Gasteiger partial charge in [-0.25, -0.2) is 4.98 Å². The molecule has 0 bridgehead atoms. The maximum Gasteiger partial charge on any atom is 0.449 e. The number of aryl methyl sites for hydroxylation is 1. The Kier molecular flexibility index (Phi) is 3.13. The van der Waals surface area contributed by atoms with Gasteiger partial charge in [-0.1, -0.05) is 12.1 Å². The first-order valence-electron chi connectivity index (χ1n) is 5.34. The van der Waals surface area contributed by atoms with Crippen molar-refractivity contribution >= 4 is 0 Å². The van der Waals surface area contributed by atoms with Crippen LogP contribution in [0.4, 0.5) is 13.2 Å². The van der Waals surface area contributed by atoms with Gasteiger partial charge in [0.15, 0.2) is 0 Å². The van der Waals surface area contributed by atoms with Crippen LogP contribution in [0.2, 0.25) is 0 Å². The van der Waals surface area contributed by atoms with E-state index in [1.54, 1.807) is 12.1 Å². The molecule has 1 heterocycles. The van der Waals surface area contributed by atoms with Crippen molar-refractivity contribution in [2.45, 2.75) is 19.6 Å². The SMILES string of the molecule is Cc1ccc(-c2cnc(C(F)(F)F)[nH]2)cc1CN. The molecule has 0 aliphatic carbocycles. The number of imidazole rings is 1. The Hall–Kier alpha value is -1.82. The lowest BCUT2D eigenvalue weighted by molar-refractivity contribution is -0.144. The average molecular weight is 255 g/mol. The molecule has 0 amide bonds. The summed E-state index contributed by atoms with van der Waals surface area (Å²) in [7, 11) is 0. The van der Waals surface area contributed by atoms with Crippen LogP contribution in [0.1, 0.15) is 17.0 Å². The van der Waals surface area contributed by atoms with Crippen molar-refractivity contribution in [1.82, 2.24) is 9.97 Å². The smallest absolute Gasteiger partial charge is 0.334 e. The van der Waals surface area contributed by atoms with Crippen LogP contribution in [0.25, 0.3) is 11.3 Å². The number of nitrogens with one attached hydrogen (secondary N) is 1. The summed E-state index contributed by atoms with van der Waals surface area (Å²) < 4.78 is 37.2. The van der Waals surface area contributed by atoms with E-state index in [0.29, 0.717) is 17.8 Å². The van der Waals surface area contributed by atoms with E-state index in [0.717, 1.165) is 11.1 Å². The van der Waals surface area contributed by atoms with Crippen LogP contribution in [0.3, 0.4) is 0 Å². The summed E-state index contributed by atoms with van der Waals surface area (Å²) in [6.07, 6.45) is -3.28. The second-order valence-electron chi connectivity index (χ2n) is 3.99. The molecule has 0 spiro atoms. The van der Waals surface area contributed by atoms with Gasteiger partial charge in [-0.2, -0.15) is 13.2 Å². The number of rotatable bonds is 2. The molecule has 18 heavy (non-hydrogen) atoms. The van der Waals surface area contributed by atoms with Gasteiger partial charge in [-0.15, -0.1) is 0 Å². The molecule has 0 saturated heterocycles. The van der Waals surface area contributed by atoms with Gasteiger partial charge in [0.1, 0.15) is 0 Å². The Balaban J connectivity index is 2.40. The van der Waals surface area contributed by atoms with E-state index < -0.39 is 12.0 Å². The molecule has 0 radical (unpaired) electrons. The number of aromatic nitrogens is 2. The van der Waals surface area contributed by atoms with Gasteiger partial charge in [0.05, 0.1) is 11.9 Å². The Morgan fingerprint density at radius 3 is 2.61 bits per heavy atom. The minimum Gasteiger partial charge on any atom is -0.334 e. The number of nitrogens with zero attached hydrogens (tertiary/aromatic N) is 1. The van der Waals surface area contributed by atoms with Gasteiger partial charge in [0.25, 0.3) is 0 Å². The first-order chi connectivity index (χ1) is 8.41. The fraction of sp³-hybridized carbons (Fsp3) is 0.250. The van der Waals surface area contributed by atoms with E-state index in [1.807, 2.05) is 13.0 Å². The minimum absolute atomic E-state index is 0.331. The average Bonchev–Trinajstić information content (AvgIpc) is 2.78. The zero-order valence-corrected chi connectivity index (χ0v) is 9.67. The molecular weight excluding hydrogens is 243 g/mol. The van der Waals surface area contributed by atoms with Gasteiger partial charge < -0.3 is 10.7 Å². The molecule has 96 valence electrons. The quantitative estimate of drug-likeness (QED) is 0.866. The Labute approximate surface area is 102 Å². The van der Waals surface area contributed by atoms with Crippen LogP contribution in [0.5, 0.6) is 0 Å². The fourth-order valence-electron chi connectivity index (χ4n) is 1.67. The zero-order valence-electron chi connectivity index (χ0n) is 9.67. The second kappa shape index (κ2) is 4.45. The monoisotopic (exact) mass is 255 g/mol. The molecule has 3 nitrogen and oxygen atoms in total. The molecule has 0 fully saturated rings. The van der Waals surface area contributed by atoms with Crippen LogP contribution < -0.4 is 5.73 Å². The highest BCUT2D eigenvalue weighted by atomic mass is 19.4. The van der Waals surface area contributed by atoms with E-state index in [-0.39, 0.29) is 0 Å². The lowest BCUT2D eigenvalue weighted by Gasteiger charge is -2.05. The highest BCUT2D eigenvalue weighted by Gasteiger charge is 2.34. The molecule has 1 aromatic heterocycles. The predicted molar refractivity (Wildman–Crippen MR) is 61.7 cm³/mol. The number of H-pyrrole nitrogens is 1. The molecule has 6 heteroatoms. The normalized spacial score (nSPS) is 11.8. The molecule has 1 aromatic carbocycles. The van der Waals surface area contributed by atoms with E-state index in [1.165, 1.54) is 6.20 Å². The molecule has 0 unspecified atom stereocenters. The number of hydrogen-bond acceptors (Lipinski definition) is 2. The standard InChI is InChI=1S/C12H12F3N3/c1-7-2-3-8(4-9(7)5-16)10-6-17-11(18-10)12(13,14)15/h2-4,6H,5,16H2,1H3,(H,17,18). The third kappa shape index (κ3) is 2.38. The Bertz CT molecular complexity index is 558. The number of halogens is 3. The fourth-order valence-corrected chi connectivity index (χ4v) is 1.67. The third-order valence-corrected chi connectivity index (χ3v) is 2.72. The molecule has 2 rings (SSSR count). The van der Waals surface area contributed by atoms with Crippen molar-refractivity contribution in [2.75, 3.05) is 0 Å². The van der Waals surface area contributed by atoms with Crippen molar-refractivity contribution in [1.29, 1.82) is 0 Å². The van der Waals surface area contributed by atoms with E-state index in [4.69, 9.17) is 5.73 Å². The van der Waals surface area contributed by atoms with E-state index in [9.17, 15) is 13.2 Å². The highest BCUT2D eigenvalue weighted by Crippen LogP contribution is 2.29. The van der Waals surface area contributed by atoms with Gasteiger partial charge in [0.2, 0.25) is 5.82 Å². The Morgan fingerprint density at radius 2 is 2.06 bits per heavy atom. The van der Waals surface area contributed by atoms with Crippen molar-refractivity contribution in [3.63, 3.8) is 0 Å². The summed E-state index contributed by atoms with van der Waals surface area (Å²) in [5.41, 5.74) is 8.45. The summed E-state index contributed by atoms with van der Waals surface area (Å²) in [6.45, 7) is 2.25. The summed E-state index contributed by atoms with van der Waals surface area (Å²) in [5.74, 6) is -0.993. The number of nitrogens with two attached hydrogens (primary N) is 1. The van der Waals surface area contributed by atoms with Gasteiger partial charge in [0, 0.05) is 6.54 Å². The summed E-state index contributed by atoms with van der Waals surface area (Å²) in [4.78, 5) is 5.59. The van der Waals surface area contributed by atoms with Crippen molar-refractivity contribution in [2.24, 2.45) is 5.73 Å². The van der Waals surface area contributed by atoms with Crippen molar-refractivity contribution in [3.05, 3.63) is 41.3 Å². The second-order valence-corrected chi connectivity index (χ2v) is 3.99. The molecular formula is C12H12F3N3. The highest BCUT2D eigenvalue weighted by molar-refractivity contribution is 5.60. The van der Waals surface area contributed by atoms with E-state index >= 15 is 0 Å². The van der Waals surface area contributed by atoms with Crippen molar-refractivity contribution in [3.8, 4) is 11.3 Å². The minimum atomic E-state index is -4.46. The van der Waals surface area contributed by atoms with Gasteiger partial charge >= 0.3 is 6.18 Å². The molecule has 0 atom stereocenters. The summed E-state index contributed by atoms with van der Waals surface area (Å²) >= 11 is 0. The zero-order chi connectivity index (χ0) is 13.3. The number of aromatic amines is 1. The maximum atomic E-state index is 12.4. The van der Waals surface area contributed by atoms with Crippen molar-refractivity contribution < 1.29 is 13.2 Å². The first-order valence-corrected chi connectivity index (χ1v) is 5.34. The topological polar surface area (TPSA) is 54.7 Å². The van der Waals surface area contributed by atoms with Crippen LogP contribution in [-0.2, 0) is 12.7 Å². The predicted octanol–water partition coefficient (Wildman–Crippen LogP) is 2.86. The molecule has 0 saturated carbocycles. The summed E-state index contributed by atoms with van der Waals surface area (Å²) in [5, 5.41) is 0. The molecule has 0 aliphatic heterocycles. The van der Waals surface area contributed by atoms with E-state index in [2.05, 4.69) is 9.97 Å². The van der Waals surface area contributed by atoms with Crippen LogP contribution >= 0.6 is 0 Å². The summed E-state index contributed by atoms with van der Waals surface area (Å²) in [6, 6.07) is 5.33. The number of benzene rings is 1. The van der Waals surface area contributed by atoms with Gasteiger partial charge in [-0.05, 0) is 29.7 Å². The number of hydrogen-bond donors (Lipinski definition) is 2. The largest absolute Gasteiger partial charge is 0.449 e. The number of alkyl halides is 3. The van der Waals surface area contributed by atoms with Crippen LogP contribution in [-0.4, -0.2) is 9.97 Å². The van der Waals surface area contributed by atoms with Crippen LogP contribution in [0, 0.1) is 6.92 Å². The lowest BCUT2D eigenvalue weighted by Crippen LogP contribution is -2.07. The third-order valence-electron chi connectivity index (χ3n) is 2.72. The van der Waals surface area contributed by atoms with Crippen LogP contribution in [0.15, 0.2) is 24.4 Å². The van der Waals surface area contributed by atoms with Gasteiger partial charge in [-0.3, -0.25) is 0 Å².